The number of piperazine rings is 1. The second-order valence-electron chi connectivity index (χ2n) is 8.77. The van der Waals surface area contributed by atoms with Crippen LogP contribution in [0.2, 0.25) is 5.02 Å². The fourth-order valence-corrected chi connectivity index (χ4v) is 4.93. The van der Waals surface area contributed by atoms with E-state index in [4.69, 9.17) is 11.6 Å². The zero-order valence-electron chi connectivity index (χ0n) is 19.5. The lowest BCUT2D eigenvalue weighted by Gasteiger charge is -2.36. The molecule has 0 bridgehead atoms. The van der Waals surface area contributed by atoms with Gasteiger partial charge in [-0.1, -0.05) is 60.1 Å². The number of carbonyl (C=O) groups excluding carboxylic acids is 1. The monoisotopic (exact) mass is 469 g/mol. The lowest BCUT2D eigenvalue weighted by atomic mass is 10.1. The molecule has 34 heavy (non-hydrogen) atoms. The summed E-state index contributed by atoms with van der Waals surface area (Å²) in [6.45, 7) is 7.25. The number of hydrogen-bond acceptors (Lipinski definition) is 2. The maximum atomic E-state index is 13.7. The second-order valence-corrected chi connectivity index (χ2v) is 9.21. The highest BCUT2D eigenvalue weighted by atomic mass is 35.5. The van der Waals surface area contributed by atoms with Gasteiger partial charge in [0.2, 0.25) is 0 Å². The third kappa shape index (κ3) is 4.22. The third-order valence-corrected chi connectivity index (χ3v) is 6.91. The Bertz CT molecular complexity index is 1300. The van der Waals surface area contributed by atoms with Gasteiger partial charge in [0.1, 0.15) is 0 Å². The smallest absolute Gasteiger partial charge is 0.255 e. The summed E-state index contributed by atoms with van der Waals surface area (Å²) >= 11 is 6.14. The van der Waals surface area contributed by atoms with Crippen LogP contribution >= 0.6 is 11.6 Å². The summed E-state index contributed by atoms with van der Waals surface area (Å²) in [6, 6.07) is 28.5. The molecule has 1 aliphatic heterocycles. The van der Waals surface area contributed by atoms with Gasteiger partial charge in [0.15, 0.2) is 0 Å². The molecule has 1 aliphatic rings. The van der Waals surface area contributed by atoms with Crippen molar-refractivity contribution in [3.63, 3.8) is 0 Å². The first-order chi connectivity index (χ1) is 16.5. The van der Waals surface area contributed by atoms with Crippen molar-refractivity contribution in [2.75, 3.05) is 31.1 Å². The number of carbonyl (C=O) groups is 1. The largest absolute Gasteiger partial charge is 0.368 e. The van der Waals surface area contributed by atoms with Crippen LogP contribution in [0.15, 0.2) is 84.9 Å². The summed E-state index contributed by atoms with van der Waals surface area (Å²) in [5.41, 5.74) is 7.27. The first kappa shape index (κ1) is 22.3. The molecule has 1 saturated heterocycles. The number of nitrogens with zero attached hydrogens (tertiary/aromatic N) is 3. The Hall–Kier alpha value is -3.50. The first-order valence-corrected chi connectivity index (χ1v) is 12.0. The Morgan fingerprint density at radius 3 is 2.12 bits per heavy atom. The summed E-state index contributed by atoms with van der Waals surface area (Å²) in [5.74, 6) is 0.0897. The molecular weight excluding hydrogens is 442 g/mol. The van der Waals surface area contributed by atoms with Gasteiger partial charge in [0.05, 0.1) is 11.3 Å². The minimum Gasteiger partial charge on any atom is -0.368 e. The molecular formula is C29H28ClN3O. The highest BCUT2D eigenvalue weighted by Gasteiger charge is 2.27. The number of anilines is 1. The van der Waals surface area contributed by atoms with Crippen LogP contribution in [0.4, 0.5) is 5.69 Å². The molecule has 0 aliphatic carbocycles. The molecule has 5 heteroatoms. The number of amides is 1. The number of rotatable bonds is 4. The minimum atomic E-state index is 0.0897. The van der Waals surface area contributed by atoms with Crippen LogP contribution in [0.5, 0.6) is 0 Å². The molecule has 1 aromatic heterocycles. The van der Waals surface area contributed by atoms with Gasteiger partial charge in [-0.25, -0.2) is 0 Å². The topological polar surface area (TPSA) is 28.5 Å². The molecule has 172 valence electrons. The van der Waals surface area contributed by atoms with E-state index in [-0.39, 0.29) is 5.91 Å². The van der Waals surface area contributed by atoms with Crippen molar-refractivity contribution in [3.05, 3.63) is 107 Å². The van der Waals surface area contributed by atoms with E-state index in [0.29, 0.717) is 18.1 Å². The Kier molecular flexibility index (Phi) is 6.16. The average molecular weight is 470 g/mol. The van der Waals surface area contributed by atoms with Crippen LogP contribution < -0.4 is 4.90 Å². The summed E-state index contributed by atoms with van der Waals surface area (Å²) in [5, 5.41) is 0.695. The van der Waals surface area contributed by atoms with Gasteiger partial charge >= 0.3 is 0 Å². The normalized spacial score (nSPS) is 13.9. The first-order valence-electron chi connectivity index (χ1n) is 11.7. The van der Waals surface area contributed by atoms with Crippen LogP contribution in [-0.4, -0.2) is 41.6 Å². The van der Waals surface area contributed by atoms with Gasteiger partial charge in [-0.3, -0.25) is 4.79 Å². The van der Waals surface area contributed by atoms with E-state index in [2.05, 4.69) is 52.8 Å². The Morgan fingerprint density at radius 1 is 0.794 bits per heavy atom. The van der Waals surface area contributed by atoms with Crippen LogP contribution in [0.3, 0.4) is 0 Å². The Morgan fingerprint density at radius 2 is 1.44 bits per heavy atom. The van der Waals surface area contributed by atoms with Crippen molar-refractivity contribution in [1.29, 1.82) is 0 Å². The fraction of sp³-hybridized carbons (Fsp3) is 0.207. The van der Waals surface area contributed by atoms with Crippen molar-refractivity contribution in [3.8, 4) is 16.9 Å². The third-order valence-electron chi connectivity index (χ3n) is 6.65. The van der Waals surface area contributed by atoms with Crippen LogP contribution in [0.1, 0.15) is 21.6 Å². The minimum absolute atomic E-state index is 0.0897. The Labute approximate surface area is 206 Å². The number of hydrogen-bond donors (Lipinski definition) is 0. The molecule has 5 rings (SSSR count). The van der Waals surface area contributed by atoms with Crippen LogP contribution in [0.25, 0.3) is 16.9 Å². The maximum absolute atomic E-state index is 13.7. The van der Waals surface area contributed by atoms with Gasteiger partial charge in [-0.15, -0.1) is 0 Å². The van der Waals surface area contributed by atoms with Crippen molar-refractivity contribution in [1.82, 2.24) is 9.47 Å². The van der Waals surface area contributed by atoms with E-state index in [0.717, 1.165) is 41.3 Å². The van der Waals surface area contributed by atoms with E-state index in [9.17, 15) is 4.79 Å². The van der Waals surface area contributed by atoms with Gasteiger partial charge < -0.3 is 14.4 Å². The van der Waals surface area contributed by atoms with Crippen molar-refractivity contribution >= 4 is 23.2 Å². The zero-order valence-corrected chi connectivity index (χ0v) is 20.3. The summed E-state index contributed by atoms with van der Waals surface area (Å²) in [4.78, 5) is 18.0. The maximum Gasteiger partial charge on any atom is 0.255 e. The fourth-order valence-electron chi connectivity index (χ4n) is 4.81. The summed E-state index contributed by atoms with van der Waals surface area (Å²) < 4.78 is 2.17. The van der Waals surface area contributed by atoms with E-state index in [1.165, 1.54) is 11.3 Å². The number of aromatic nitrogens is 1. The molecule has 0 spiro atoms. The van der Waals surface area contributed by atoms with Crippen molar-refractivity contribution in [2.24, 2.45) is 0 Å². The molecule has 4 aromatic rings. The molecule has 1 amide bonds. The molecule has 3 aromatic carbocycles. The van der Waals surface area contributed by atoms with Crippen LogP contribution in [-0.2, 0) is 0 Å². The zero-order chi connectivity index (χ0) is 23.7. The van der Waals surface area contributed by atoms with Gasteiger partial charge in [0, 0.05) is 48.3 Å². The average Bonchev–Trinajstić information content (AvgIpc) is 3.22. The van der Waals surface area contributed by atoms with Crippen molar-refractivity contribution in [2.45, 2.75) is 13.8 Å². The number of aryl methyl sites for hydroxylation is 1. The molecule has 0 radical (unpaired) electrons. The highest BCUT2D eigenvalue weighted by Crippen LogP contribution is 2.31. The lowest BCUT2D eigenvalue weighted by Crippen LogP contribution is -2.49. The number of halogens is 1. The summed E-state index contributed by atoms with van der Waals surface area (Å²) in [6.07, 6.45) is 0. The molecule has 0 atom stereocenters. The van der Waals surface area contributed by atoms with E-state index in [1.54, 1.807) is 0 Å². The molecule has 2 heterocycles. The highest BCUT2D eigenvalue weighted by molar-refractivity contribution is 6.30. The van der Waals surface area contributed by atoms with Gasteiger partial charge in [0.25, 0.3) is 5.91 Å². The quantitative estimate of drug-likeness (QED) is 0.347. The lowest BCUT2D eigenvalue weighted by molar-refractivity contribution is 0.0746. The number of benzene rings is 3. The Balaban J connectivity index is 1.45. The molecule has 0 saturated carbocycles. The standard InChI is InChI=1S/C29H28ClN3O/c1-21-8-6-7-11-27(21)31-16-18-32(19-17-31)29(34)26-20-28(23-12-14-24(30)15-13-23)33(22(26)2)25-9-4-3-5-10-25/h3-15,20H,16-19H2,1-2H3. The van der Waals surface area contributed by atoms with Gasteiger partial charge in [-0.05, 0) is 61.4 Å². The molecule has 4 nitrogen and oxygen atoms in total. The SMILES string of the molecule is Cc1ccccc1N1CCN(C(=O)c2cc(-c3ccc(Cl)cc3)n(-c3ccccc3)c2C)CC1. The molecule has 0 N–H and O–H groups in total. The van der Waals surface area contributed by atoms with Crippen molar-refractivity contribution < 1.29 is 4.79 Å². The number of para-hydroxylation sites is 2. The van der Waals surface area contributed by atoms with E-state index in [1.807, 2.05) is 60.4 Å². The van der Waals surface area contributed by atoms with Crippen LogP contribution in [0, 0.1) is 13.8 Å². The molecule has 1 fully saturated rings. The summed E-state index contributed by atoms with van der Waals surface area (Å²) in [7, 11) is 0. The van der Waals surface area contributed by atoms with Gasteiger partial charge in [-0.2, -0.15) is 0 Å². The van der Waals surface area contributed by atoms with E-state index >= 15 is 0 Å². The van der Waals surface area contributed by atoms with E-state index < -0.39 is 0 Å². The molecule has 0 unspecified atom stereocenters. The predicted octanol–water partition coefficient (Wildman–Crippen LogP) is 6.38. The predicted molar refractivity (Wildman–Crippen MR) is 140 cm³/mol. The second kappa shape index (κ2) is 9.40.